The number of alkyl halides is 3. The summed E-state index contributed by atoms with van der Waals surface area (Å²) in [6.45, 7) is -0.237. The molecule has 3 heterocycles. The summed E-state index contributed by atoms with van der Waals surface area (Å²) in [5.41, 5.74) is 8.33. The van der Waals surface area contributed by atoms with Gasteiger partial charge in [-0.1, -0.05) is 12.1 Å². The van der Waals surface area contributed by atoms with Crippen LogP contribution in [0.3, 0.4) is 0 Å². The quantitative estimate of drug-likeness (QED) is 0.636. The van der Waals surface area contributed by atoms with E-state index in [9.17, 15) is 22.8 Å². The van der Waals surface area contributed by atoms with Crippen molar-refractivity contribution in [2.45, 2.75) is 12.6 Å². The van der Waals surface area contributed by atoms with Crippen LogP contribution in [0.1, 0.15) is 16.1 Å². The summed E-state index contributed by atoms with van der Waals surface area (Å²) in [6, 6.07) is 8.38. The Morgan fingerprint density at radius 3 is 2.45 bits per heavy atom. The Labute approximate surface area is 185 Å². The lowest BCUT2D eigenvalue weighted by Gasteiger charge is -2.26. The first kappa shape index (κ1) is 22.1. The first-order valence-corrected chi connectivity index (χ1v) is 9.67. The third-order valence-corrected chi connectivity index (χ3v) is 5.23. The molecule has 2 aromatic heterocycles. The number of carbonyl (C=O) groups excluding carboxylic acids is 2. The average Bonchev–Trinajstić information content (AvgIpc) is 3.08. The van der Waals surface area contributed by atoms with Gasteiger partial charge in [0.1, 0.15) is 5.75 Å². The predicted octanol–water partition coefficient (Wildman–Crippen LogP) is 2.76. The number of nitrogens with zero attached hydrogens (tertiary/aromatic N) is 4. The number of rotatable bonds is 4. The highest BCUT2D eigenvalue weighted by atomic mass is 19.4. The summed E-state index contributed by atoms with van der Waals surface area (Å²) in [5, 5.41) is 0.434. The van der Waals surface area contributed by atoms with E-state index in [1.54, 1.807) is 41.9 Å². The van der Waals surface area contributed by atoms with Crippen molar-refractivity contribution in [2.75, 3.05) is 19.4 Å². The van der Waals surface area contributed by atoms with Crippen LogP contribution in [0.15, 0.2) is 36.5 Å². The fourth-order valence-corrected chi connectivity index (χ4v) is 3.77. The van der Waals surface area contributed by atoms with Crippen molar-refractivity contribution in [2.24, 2.45) is 7.05 Å². The molecule has 1 aliphatic heterocycles. The normalized spacial score (nSPS) is 13.6. The molecule has 2 N–H and O–H groups in total. The molecule has 0 saturated carbocycles. The lowest BCUT2D eigenvalue weighted by molar-refractivity contribution is -0.228. The van der Waals surface area contributed by atoms with E-state index in [0.717, 1.165) is 0 Å². The fraction of sp³-hybridized carbons (Fsp3) is 0.238. The minimum atomic E-state index is -5.24. The number of methoxy groups -OCH3 is 1. The second-order valence-corrected chi connectivity index (χ2v) is 7.17. The number of anilines is 1. The first-order chi connectivity index (χ1) is 15.6. The van der Waals surface area contributed by atoms with Gasteiger partial charge in [-0.15, -0.1) is 0 Å². The van der Waals surface area contributed by atoms with Crippen LogP contribution >= 0.6 is 0 Å². The topological polar surface area (TPSA) is 113 Å². The number of halogens is 3. The summed E-state index contributed by atoms with van der Waals surface area (Å²) in [6.07, 6.45) is -3.63. The van der Waals surface area contributed by atoms with Crippen LogP contribution in [0.2, 0.25) is 0 Å². The van der Waals surface area contributed by atoms with Gasteiger partial charge in [0.25, 0.3) is 5.91 Å². The number of hydrogen-bond donors (Lipinski definition) is 1. The highest BCUT2D eigenvalue weighted by Gasteiger charge is 2.45. The number of benzene rings is 1. The summed E-state index contributed by atoms with van der Waals surface area (Å²) in [7, 11) is 3.22. The largest absolute Gasteiger partial charge is 0.497 e. The lowest BCUT2D eigenvalue weighted by atomic mass is 9.96. The molecule has 9 nitrogen and oxygen atoms in total. The Kier molecular flexibility index (Phi) is 5.44. The number of aromatic nitrogens is 3. The Hall–Kier alpha value is -4.09. The average molecular weight is 461 g/mol. The second kappa shape index (κ2) is 8.11. The SMILES string of the molecule is COc1ccc(-c2c3c(n(C)c2-c2ccnc(N)n2)CCN(OC(=O)C(F)(F)F)C3=O)cc1. The molecule has 172 valence electrons. The number of nitrogens with two attached hydrogens (primary N) is 1. The van der Waals surface area contributed by atoms with Crippen molar-refractivity contribution in [3.8, 4) is 28.3 Å². The molecule has 0 bridgehead atoms. The van der Waals surface area contributed by atoms with E-state index in [4.69, 9.17) is 10.5 Å². The maximum Gasteiger partial charge on any atom is 0.493 e. The highest BCUT2D eigenvalue weighted by Crippen LogP contribution is 2.41. The van der Waals surface area contributed by atoms with Gasteiger partial charge >= 0.3 is 12.1 Å². The van der Waals surface area contributed by atoms with Gasteiger partial charge in [0.2, 0.25) is 5.95 Å². The first-order valence-electron chi connectivity index (χ1n) is 9.67. The van der Waals surface area contributed by atoms with E-state index in [0.29, 0.717) is 39.0 Å². The van der Waals surface area contributed by atoms with E-state index in [1.165, 1.54) is 13.3 Å². The molecule has 4 rings (SSSR count). The standard InChI is InChI=1S/C21H18F3N5O4/c1-28-14-8-10-29(33-19(31)21(22,23)24)18(30)16(14)15(11-3-5-12(32-2)6-4-11)17(28)13-7-9-26-20(25)27-13/h3-7,9H,8,10H2,1-2H3,(H2,25,26,27). The third kappa shape index (κ3) is 3.95. The molecule has 1 aliphatic rings. The molecule has 33 heavy (non-hydrogen) atoms. The van der Waals surface area contributed by atoms with Crippen LogP contribution in [0, 0.1) is 0 Å². The van der Waals surface area contributed by atoms with Crippen molar-refractivity contribution >= 4 is 17.8 Å². The lowest BCUT2D eigenvalue weighted by Crippen LogP contribution is -2.42. The molecule has 0 radical (unpaired) electrons. The Morgan fingerprint density at radius 1 is 1.15 bits per heavy atom. The van der Waals surface area contributed by atoms with Gasteiger partial charge in [-0.05, 0) is 23.8 Å². The fourth-order valence-electron chi connectivity index (χ4n) is 3.77. The molecule has 0 unspecified atom stereocenters. The smallest absolute Gasteiger partial charge is 0.493 e. The Morgan fingerprint density at radius 2 is 1.85 bits per heavy atom. The molecule has 12 heteroatoms. The molecule has 0 fully saturated rings. The molecule has 0 spiro atoms. The molecular weight excluding hydrogens is 443 g/mol. The van der Waals surface area contributed by atoms with Crippen LogP contribution in [0.4, 0.5) is 19.1 Å². The number of ether oxygens (including phenoxy) is 1. The van der Waals surface area contributed by atoms with Gasteiger partial charge in [-0.2, -0.15) is 18.2 Å². The van der Waals surface area contributed by atoms with Crippen molar-refractivity contribution in [3.63, 3.8) is 0 Å². The van der Waals surface area contributed by atoms with Crippen molar-refractivity contribution in [1.82, 2.24) is 19.6 Å². The molecule has 1 aromatic carbocycles. The zero-order valence-corrected chi connectivity index (χ0v) is 17.5. The second-order valence-electron chi connectivity index (χ2n) is 7.17. The van der Waals surface area contributed by atoms with Crippen LogP contribution in [0.5, 0.6) is 5.75 Å². The van der Waals surface area contributed by atoms with Gasteiger partial charge in [0.05, 0.1) is 30.6 Å². The Balaban J connectivity index is 1.90. The van der Waals surface area contributed by atoms with E-state index in [-0.39, 0.29) is 24.5 Å². The molecular formula is C21H18F3N5O4. The maximum atomic E-state index is 13.2. The van der Waals surface area contributed by atoms with Crippen molar-refractivity contribution < 1.29 is 32.3 Å². The number of fused-ring (bicyclic) bond motifs is 1. The van der Waals surface area contributed by atoms with Gasteiger partial charge < -0.3 is 19.9 Å². The van der Waals surface area contributed by atoms with Crippen molar-refractivity contribution in [1.29, 1.82) is 0 Å². The maximum absolute atomic E-state index is 13.2. The van der Waals surface area contributed by atoms with Crippen LogP contribution in [0.25, 0.3) is 22.5 Å². The zero-order valence-electron chi connectivity index (χ0n) is 17.5. The molecule has 0 atom stereocenters. The zero-order chi connectivity index (χ0) is 23.9. The molecule has 3 aromatic rings. The van der Waals surface area contributed by atoms with E-state index >= 15 is 0 Å². The summed E-state index contributed by atoms with van der Waals surface area (Å²) in [4.78, 5) is 37.1. The third-order valence-electron chi connectivity index (χ3n) is 5.23. The van der Waals surface area contributed by atoms with E-state index in [2.05, 4.69) is 14.8 Å². The molecule has 0 saturated heterocycles. The molecule has 1 amide bonds. The Bertz CT molecular complexity index is 1240. The minimum Gasteiger partial charge on any atom is -0.497 e. The number of carbonyl (C=O) groups is 2. The van der Waals surface area contributed by atoms with Crippen LogP contribution in [-0.4, -0.2) is 51.3 Å². The minimum absolute atomic E-state index is 0.0133. The monoisotopic (exact) mass is 461 g/mol. The summed E-state index contributed by atoms with van der Waals surface area (Å²) >= 11 is 0. The van der Waals surface area contributed by atoms with Crippen LogP contribution < -0.4 is 10.5 Å². The number of hydroxylamine groups is 2. The van der Waals surface area contributed by atoms with Gasteiger partial charge in [0, 0.05) is 30.9 Å². The van der Waals surface area contributed by atoms with E-state index < -0.39 is 18.1 Å². The predicted molar refractivity (Wildman–Crippen MR) is 110 cm³/mol. The number of nitrogen functional groups attached to an aromatic ring is 1. The van der Waals surface area contributed by atoms with Gasteiger partial charge in [0.15, 0.2) is 0 Å². The van der Waals surface area contributed by atoms with Crippen molar-refractivity contribution in [3.05, 3.63) is 47.8 Å². The highest BCUT2D eigenvalue weighted by molar-refractivity contribution is 6.06. The van der Waals surface area contributed by atoms with Gasteiger partial charge in [-0.3, -0.25) is 4.79 Å². The van der Waals surface area contributed by atoms with Gasteiger partial charge in [-0.25, -0.2) is 14.8 Å². The molecule has 0 aliphatic carbocycles. The van der Waals surface area contributed by atoms with E-state index in [1.807, 2.05) is 0 Å². The number of amides is 1. The summed E-state index contributed by atoms with van der Waals surface area (Å²) in [5.74, 6) is -2.75. The number of hydrogen-bond acceptors (Lipinski definition) is 7. The summed E-state index contributed by atoms with van der Waals surface area (Å²) < 4.78 is 45.1. The van der Waals surface area contributed by atoms with Crippen LogP contribution in [-0.2, 0) is 23.1 Å².